The molecular formula is C24H23Cl2N3O7S2. The molecule has 4 rings (SSSR count). The zero-order chi connectivity index (χ0) is 27.7. The van der Waals surface area contributed by atoms with Crippen LogP contribution >= 0.6 is 23.2 Å². The van der Waals surface area contributed by atoms with Crippen molar-refractivity contribution < 1.29 is 31.1 Å². The molecule has 1 aliphatic rings. The Bertz CT molecular complexity index is 1560. The maximum absolute atomic E-state index is 13.0. The number of anilines is 3. The summed E-state index contributed by atoms with van der Waals surface area (Å²) in [6.07, 6.45) is 0.993. The van der Waals surface area contributed by atoms with Crippen LogP contribution in [0.1, 0.15) is 6.92 Å². The Hall–Kier alpha value is -3.19. The number of benzene rings is 3. The van der Waals surface area contributed by atoms with Gasteiger partial charge in [0.25, 0.3) is 10.0 Å². The maximum Gasteiger partial charge on any atom is 0.261 e. The van der Waals surface area contributed by atoms with Crippen molar-refractivity contribution >= 4 is 66.2 Å². The summed E-state index contributed by atoms with van der Waals surface area (Å²) in [5.74, 6) is 0.224. The van der Waals surface area contributed by atoms with Gasteiger partial charge in [-0.2, -0.15) is 0 Å². The average molecular weight is 601 g/mol. The number of carbonyl (C=O) groups excluding carboxylic acids is 1. The first kappa shape index (κ1) is 27.8. The van der Waals surface area contributed by atoms with Gasteiger partial charge >= 0.3 is 0 Å². The molecule has 2 N–H and O–H groups in total. The SMILES string of the molecule is C[C@@H](C(=O)Nc1ccc(S(=O)(=O)Nc2cc(Cl)cc(Cl)c2)cc1)N(c1ccc2c(c1)OCCO2)S(C)(=O)=O. The fraction of sp³-hybridized carbons (Fsp3) is 0.208. The molecule has 0 aliphatic carbocycles. The van der Waals surface area contributed by atoms with Gasteiger partial charge in [0.05, 0.1) is 22.5 Å². The largest absolute Gasteiger partial charge is 0.486 e. The second-order valence-electron chi connectivity index (χ2n) is 8.34. The second-order valence-corrected chi connectivity index (χ2v) is 12.8. The minimum absolute atomic E-state index is 0.0753. The molecule has 0 bridgehead atoms. The van der Waals surface area contributed by atoms with Crippen LogP contribution in [0.25, 0.3) is 0 Å². The van der Waals surface area contributed by atoms with Gasteiger partial charge in [0.1, 0.15) is 19.3 Å². The Morgan fingerprint density at radius 1 is 0.868 bits per heavy atom. The van der Waals surface area contributed by atoms with Crippen molar-refractivity contribution in [3.63, 3.8) is 0 Å². The number of rotatable bonds is 8. The van der Waals surface area contributed by atoms with Crippen molar-refractivity contribution in [1.29, 1.82) is 0 Å². The third-order valence-electron chi connectivity index (χ3n) is 5.42. The molecule has 10 nitrogen and oxygen atoms in total. The Labute approximate surface area is 230 Å². The predicted molar refractivity (Wildman–Crippen MR) is 147 cm³/mol. The van der Waals surface area contributed by atoms with E-state index in [1.54, 1.807) is 6.07 Å². The summed E-state index contributed by atoms with van der Waals surface area (Å²) in [6.45, 7) is 2.14. The van der Waals surface area contributed by atoms with Gasteiger partial charge in [0, 0.05) is 21.8 Å². The highest BCUT2D eigenvalue weighted by atomic mass is 35.5. The summed E-state index contributed by atoms with van der Waals surface area (Å²) in [4.78, 5) is 12.9. The molecule has 1 heterocycles. The van der Waals surface area contributed by atoms with Crippen molar-refractivity contribution in [2.24, 2.45) is 0 Å². The zero-order valence-corrected chi connectivity index (χ0v) is 23.3. The Kier molecular flexibility index (Phi) is 7.98. The van der Waals surface area contributed by atoms with E-state index in [1.165, 1.54) is 61.5 Å². The molecule has 14 heteroatoms. The third kappa shape index (κ3) is 6.44. The van der Waals surface area contributed by atoms with Crippen molar-refractivity contribution in [2.75, 3.05) is 33.8 Å². The summed E-state index contributed by atoms with van der Waals surface area (Å²) in [5.41, 5.74) is 0.684. The highest BCUT2D eigenvalue weighted by Crippen LogP contribution is 2.35. The highest BCUT2D eigenvalue weighted by Gasteiger charge is 2.30. The lowest BCUT2D eigenvalue weighted by Crippen LogP contribution is -2.45. The first-order valence-corrected chi connectivity index (χ1v) is 15.2. The Morgan fingerprint density at radius 3 is 2.08 bits per heavy atom. The summed E-state index contributed by atoms with van der Waals surface area (Å²) >= 11 is 11.9. The number of halogens is 2. The first-order chi connectivity index (χ1) is 17.8. The van der Waals surface area contributed by atoms with Gasteiger partial charge in [-0.25, -0.2) is 16.8 Å². The second kappa shape index (κ2) is 10.9. The lowest BCUT2D eigenvalue weighted by atomic mass is 10.2. The van der Waals surface area contributed by atoms with Crippen LogP contribution in [-0.4, -0.2) is 48.3 Å². The first-order valence-electron chi connectivity index (χ1n) is 11.1. The number of ether oxygens (including phenoxy) is 2. The van der Waals surface area contributed by atoms with Crippen LogP contribution in [-0.2, 0) is 24.8 Å². The van der Waals surface area contributed by atoms with Crippen molar-refractivity contribution in [3.05, 3.63) is 70.7 Å². The molecule has 0 radical (unpaired) electrons. The Balaban J connectivity index is 1.50. The van der Waals surface area contributed by atoms with E-state index < -0.39 is 32.0 Å². The van der Waals surface area contributed by atoms with E-state index in [-0.39, 0.29) is 32.0 Å². The summed E-state index contributed by atoms with van der Waals surface area (Å²) in [5, 5.41) is 3.15. The van der Waals surface area contributed by atoms with E-state index in [1.807, 2.05) is 0 Å². The van der Waals surface area contributed by atoms with Crippen molar-refractivity contribution in [2.45, 2.75) is 17.9 Å². The van der Waals surface area contributed by atoms with E-state index in [4.69, 9.17) is 32.7 Å². The number of hydrogen-bond donors (Lipinski definition) is 2. The molecule has 1 atom stereocenters. The number of fused-ring (bicyclic) bond motifs is 1. The maximum atomic E-state index is 13.0. The number of amides is 1. The van der Waals surface area contributed by atoms with E-state index in [9.17, 15) is 21.6 Å². The highest BCUT2D eigenvalue weighted by molar-refractivity contribution is 7.92. The van der Waals surface area contributed by atoms with Crippen LogP contribution < -0.4 is 23.8 Å². The minimum Gasteiger partial charge on any atom is -0.486 e. The van der Waals surface area contributed by atoms with Gasteiger partial charge in [-0.15, -0.1) is 0 Å². The normalized spacial score (nSPS) is 13.9. The van der Waals surface area contributed by atoms with Gasteiger partial charge in [0.15, 0.2) is 11.5 Å². The number of nitrogens with zero attached hydrogens (tertiary/aromatic N) is 1. The number of sulfonamides is 2. The number of carbonyl (C=O) groups is 1. The van der Waals surface area contributed by atoms with E-state index >= 15 is 0 Å². The van der Waals surface area contributed by atoms with E-state index in [0.717, 1.165) is 10.6 Å². The van der Waals surface area contributed by atoms with Crippen LogP contribution in [0.3, 0.4) is 0 Å². The fourth-order valence-electron chi connectivity index (χ4n) is 3.77. The van der Waals surface area contributed by atoms with Crippen molar-refractivity contribution in [1.82, 2.24) is 0 Å². The van der Waals surface area contributed by atoms with Crippen LogP contribution in [0.4, 0.5) is 17.1 Å². The molecule has 0 spiro atoms. The van der Waals surface area contributed by atoms with Gasteiger partial charge < -0.3 is 14.8 Å². The number of hydrogen-bond acceptors (Lipinski definition) is 7. The molecule has 0 aromatic heterocycles. The van der Waals surface area contributed by atoms with Gasteiger partial charge in [-0.05, 0) is 61.5 Å². The molecule has 3 aromatic carbocycles. The van der Waals surface area contributed by atoms with Crippen LogP contribution in [0.15, 0.2) is 65.6 Å². The van der Waals surface area contributed by atoms with E-state index in [0.29, 0.717) is 24.7 Å². The van der Waals surface area contributed by atoms with Gasteiger partial charge in [-0.3, -0.25) is 13.8 Å². The molecule has 0 saturated heterocycles. The molecule has 1 amide bonds. The molecule has 0 unspecified atom stereocenters. The van der Waals surface area contributed by atoms with E-state index in [2.05, 4.69) is 10.0 Å². The number of nitrogens with one attached hydrogen (secondary N) is 2. The van der Waals surface area contributed by atoms with Gasteiger partial charge in [0.2, 0.25) is 15.9 Å². The van der Waals surface area contributed by atoms with Gasteiger partial charge in [-0.1, -0.05) is 23.2 Å². The fourth-order valence-corrected chi connectivity index (χ4v) is 6.50. The summed E-state index contributed by atoms with van der Waals surface area (Å²) in [6, 6.07) is 13.1. The topological polar surface area (TPSA) is 131 Å². The van der Waals surface area contributed by atoms with Crippen molar-refractivity contribution in [3.8, 4) is 11.5 Å². The molecule has 38 heavy (non-hydrogen) atoms. The minimum atomic E-state index is -3.97. The lowest BCUT2D eigenvalue weighted by Gasteiger charge is -2.29. The van der Waals surface area contributed by atoms with Crippen LogP contribution in [0.2, 0.25) is 10.0 Å². The molecular weight excluding hydrogens is 577 g/mol. The van der Waals surface area contributed by atoms with Crippen LogP contribution in [0, 0.1) is 0 Å². The molecule has 202 valence electrons. The molecule has 1 aliphatic heterocycles. The standard InChI is InChI=1S/C24H23Cl2N3O7S2/c1-15(29(37(2,31)32)20-5-8-22-23(14-20)36-10-9-35-22)24(30)27-18-3-6-21(7-4-18)38(33,34)28-19-12-16(25)11-17(26)13-19/h3-8,11-15,28H,9-10H2,1-2H3,(H,27,30)/t15-/m0/s1. The summed E-state index contributed by atoms with van der Waals surface area (Å²) in [7, 11) is -7.85. The predicted octanol–water partition coefficient (Wildman–Crippen LogP) is 4.36. The quantitative estimate of drug-likeness (QED) is 0.393. The monoisotopic (exact) mass is 599 g/mol. The molecule has 3 aromatic rings. The average Bonchev–Trinajstić information content (AvgIpc) is 2.82. The summed E-state index contributed by atoms with van der Waals surface area (Å²) < 4.78 is 65.1. The molecule has 0 saturated carbocycles. The Morgan fingerprint density at radius 2 is 1.47 bits per heavy atom. The molecule has 0 fully saturated rings. The third-order valence-corrected chi connectivity index (χ3v) is 8.49. The van der Waals surface area contributed by atoms with Crippen LogP contribution in [0.5, 0.6) is 11.5 Å². The smallest absolute Gasteiger partial charge is 0.261 e. The zero-order valence-electron chi connectivity index (χ0n) is 20.1. The lowest BCUT2D eigenvalue weighted by molar-refractivity contribution is -0.116.